The van der Waals surface area contributed by atoms with Crippen LogP contribution in [-0.2, 0) is 0 Å². The summed E-state index contributed by atoms with van der Waals surface area (Å²) >= 11 is 0. The molecule has 0 spiro atoms. The molecule has 18 heavy (non-hydrogen) atoms. The zero-order valence-corrected chi connectivity index (χ0v) is 13.3. The van der Waals surface area contributed by atoms with Crippen LogP contribution in [0.3, 0.4) is 0 Å². The third kappa shape index (κ3) is 11.1. The van der Waals surface area contributed by atoms with Gasteiger partial charge in [0, 0.05) is 0 Å². The summed E-state index contributed by atoms with van der Waals surface area (Å²) in [5.41, 5.74) is 0. The molecule has 2 unspecified atom stereocenters. The first kappa shape index (κ1) is 18.0. The number of unbranched alkanes of at least 4 members (excludes halogenated alkanes) is 6. The molecule has 0 aliphatic rings. The van der Waals surface area contributed by atoms with Gasteiger partial charge in [-0.3, -0.25) is 0 Å². The first-order chi connectivity index (χ1) is 8.74. The zero-order valence-electron chi connectivity index (χ0n) is 13.3. The number of rotatable bonds is 13. The lowest BCUT2D eigenvalue weighted by atomic mass is 9.86. The van der Waals surface area contributed by atoms with Crippen LogP contribution in [0.15, 0.2) is 0 Å². The van der Waals surface area contributed by atoms with Gasteiger partial charge in [-0.25, -0.2) is 0 Å². The van der Waals surface area contributed by atoms with Gasteiger partial charge in [-0.15, -0.1) is 0 Å². The Morgan fingerprint density at radius 1 is 0.722 bits per heavy atom. The second-order valence-electron chi connectivity index (χ2n) is 6.07. The molecule has 109 valence electrons. The molecule has 0 aliphatic carbocycles. The lowest BCUT2D eigenvalue weighted by Crippen LogP contribution is -2.06. The van der Waals surface area contributed by atoms with E-state index in [0.717, 1.165) is 5.92 Å². The van der Waals surface area contributed by atoms with Gasteiger partial charge >= 0.3 is 0 Å². The molecule has 0 saturated carbocycles. The maximum Gasteiger partial charge on any atom is -0.0412 e. The normalized spacial score (nSPS) is 14.7. The van der Waals surface area contributed by atoms with Gasteiger partial charge in [0.15, 0.2) is 0 Å². The van der Waals surface area contributed by atoms with Crippen molar-refractivity contribution in [2.75, 3.05) is 0 Å². The number of hydrogen-bond acceptors (Lipinski definition) is 0. The van der Waals surface area contributed by atoms with E-state index in [2.05, 4.69) is 27.7 Å². The van der Waals surface area contributed by atoms with Crippen LogP contribution < -0.4 is 0 Å². The van der Waals surface area contributed by atoms with Gasteiger partial charge in [0.25, 0.3) is 0 Å². The Labute approximate surface area is 117 Å². The van der Waals surface area contributed by atoms with Crippen molar-refractivity contribution in [3.05, 3.63) is 6.92 Å². The molecule has 0 aliphatic heterocycles. The Morgan fingerprint density at radius 3 is 1.89 bits per heavy atom. The summed E-state index contributed by atoms with van der Waals surface area (Å²) < 4.78 is 0. The third-order valence-electron chi connectivity index (χ3n) is 4.18. The highest BCUT2D eigenvalue weighted by atomic mass is 14.2. The maximum atomic E-state index is 4.27. The summed E-state index contributed by atoms with van der Waals surface area (Å²) in [4.78, 5) is 0. The van der Waals surface area contributed by atoms with E-state index in [1.54, 1.807) is 0 Å². The molecule has 0 saturated heterocycles. The second kappa shape index (κ2) is 13.4. The van der Waals surface area contributed by atoms with Crippen molar-refractivity contribution >= 4 is 0 Å². The van der Waals surface area contributed by atoms with Gasteiger partial charge in [-0.2, -0.15) is 0 Å². The van der Waals surface area contributed by atoms with Crippen LogP contribution in [0.4, 0.5) is 0 Å². The molecule has 0 bridgehead atoms. The SMILES string of the molecule is [CH2]C(CC)CC(CCCC)CCCCCCCC. The van der Waals surface area contributed by atoms with E-state index in [1.165, 1.54) is 77.0 Å². The molecule has 0 rings (SSSR count). The molecule has 0 heteroatoms. The summed E-state index contributed by atoms with van der Waals surface area (Å²) in [6.45, 7) is 11.2. The Hall–Kier alpha value is 0. The van der Waals surface area contributed by atoms with Crippen LogP contribution >= 0.6 is 0 Å². The van der Waals surface area contributed by atoms with E-state index >= 15 is 0 Å². The monoisotopic (exact) mass is 253 g/mol. The molecular formula is C18H37. The third-order valence-corrected chi connectivity index (χ3v) is 4.18. The molecule has 0 nitrogen and oxygen atoms in total. The molecule has 0 fully saturated rings. The average molecular weight is 253 g/mol. The van der Waals surface area contributed by atoms with Crippen LogP contribution in [0.25, 0.3) is 0 Å². The van der Waals surface area contributed by atoms with Crippen LogP contribution in [0.5, 0.6) is 0 Å². The molecular weight excluding hydrogens is 216 g/mol. The molecule has 2 atom stereocenters. The minimum Gasteiger partial charge on any atom is -0.0654 e. The number of hydrogen-bond donors (Lipinski definition) is 0. The standard InChI is InChI=1S/C18H37/c1-5-8-10-11-12-13-15-18(14-9-6-2)16-17(4)7-3/h17-18H,4-16H2,1-3H3. The van der Waals surface area contributed by atoms with Crippen LogP contribution in [0.2, 0.25) is 0 Å². The van der Waals surface area contributed by atoms with Crippen molar-refractivity contribution in [1.82, 2.24) is 0 Å². The topological polar surface area (TPSA) is 0 Å². The van der Waals surface area contributed by atoms with Crippen molar-refractivity contribution in [3.63, 3.8) is 0 Å². The molecule has 0 heterocycles. The van der Waals surface area contributed by atoms with Gasteiger partial charge in [0.2, 0.25) is 0 Å². The summed E-state index contributed by atoms with van der Waals surface area (Å²) in [5, 5.41) is 0. The molecule has 0 N–H and O–H groups in total. The predicted molar refractivity (Wildman–Crippen MR) is 84.8 cm³/mol. The fraction of sp³-hybridized carbons (Fsp3) is 0.944. The fourth-order valence-corrected chi connectivity index (χ4v) is 2.72. The van der Waals surface area contributed by atoms with Crippen LogP contribution in [-0.4, -0.2) is 0 Å². The van der Waals surface area contributed by atoms with Gasteiger partial charge in [0.05, 0.1) is 0 Å². The van der Waals surface area contributed by atoms with E-state index < -0.39 is 0 Å². The van der Waals surface area contributed by atoms with Crippen LogP contribution in [0.1, 0.15) is 97.8 Å². The predicted octanol–water partition coefficient (Wildman–Crippen LogP) is 6.79. The van der Waals surface area contributed by atoms with E-state index in [9.17, 15) is 0 Å². The van der Waals surface area contributed by atoms with Gasteiger partial charge in [-0.05, 0) is 18.3 Å². The highest BCUT2D eigenvalue weighted by molar-refractivity contribution is 4.67. The second-order valence-corrected chi connectivity index (χ2v) is 6.07. The highest BCUT2D eigenvalue weighted by Crippen LogP contribution is 2.25. The first-order valence-electron chi connectivity index (χ1n) is 8.57. The smallest absolute Gasteiger partial charge is 0.0412 e. The molecule has 0 aromatic rings. The van der Waals surface area contributed by atoms with E-state index in [0.29, 0.717) is 5.92 Å². The van der Waals surface area contributed by atoms with Crippen molar-refractivity contribution in [1.29, 1.82) is 0 Å². The summed E-state index contributed by atoms with van der Waals surface area (Å²) in [7, 11) is 0. The molecule has 0 aromatic heterocycles. The first-order valence-corrected chi connectivity index (χ1v) is 8.57. The highest BCUT2D eigenvalue weighted by Gasteiger charge is 2.11. The van der Waals surface area contributed by atoms with Crippen molar-refractivity contribution < 1.29 is 0 Å². The van der Waals surface area contributed by atoms with E-state index in [4.69, 9.17) is 0 Å². The Balaban J connectivity index is 3.65. The van der Waals surface area contributed by atoms with Crippen molar-refractivity contribution in [3.8, 4) is 0 Å². The fourth-order valence-electron chi connectivity index (χ4n) is 2.72. The molecule has 0 aromatic carbocycles. The largest absolute Gasteiger partial charge is 0.0654 e. The van der Waals surface area contributed by atoms with Crippen LogP contribution in [0, 0.1) is 18.8 Å². The Bertz CT molecular complexity index is 150. The van der Waals surface area contributed by atoms with Gasteiger partial charge in [-0.1, -0.05) is 98.3 Å². The Morgan fingerprint density at radius 2 is 1.28 bits per heavy atom. The van der Waals surface area contributed by atoms with Crippen molar-refractivity contribution in [2.24, 2.45) is 11.8 Å². The zero-order chi connectivity index (χ0) is 13.6. The van der Waals surface area contributed by atoms with E-state index in [1.807, 2.05) is 0 Å². The Kier molecular flexibility index (Phi) is 13.4. The lowest BCUT2D eigenvalue weighted by Gasteiger charge is -2.20. The average Bonchev–Trinajstić information content (AvgIpc) is 2.39. The summed E-state index contributed by atoms with van der Waals surface area (Å²) in [6, 6.07) is 0. The summed E-state index contributed by atoms with van der Waals surface area (Å²) in [5.74, 6) is 1.64. The molecule has 0 amide bonds. The lowest BCUT2D eigenvalue weighted by molar-refractivity contribution is 0.341. The van der Waals surface area contributed by atoms with Gasteiger partial charge in [0.1, 0.15) is 0 Å². The van der Waals surface area contributed by atoms with Gasteiger partial charge < -0.3 is 0 Å². The minimum atomic E-state index is 0.687. The quantitative estimate of drug-likeness (QED) is 0.317. The van der Waals surface area contributed by atoms with Crippen molar-refractivity contribution in [2.45, 2.75) is 97.8 Å². The summed E-state index contributed by atoms with van der Waals surface area (Å²) in [6.07, 6.45) is 16.9. The van der Waals surface area contributed by atoms with E-state index in [-0.39, 0.29) is 0 Å². The molecule has 1 radical (unpaired) electrons. The maximum absolute atomic E-state index is 4.27. The minimum absolute atomic E-state index is 0.687.